The van der Waals surface area contributed by atoms with Crippen LogP contribution in [0.1, 0.15) is 6.92 Å². The summed E-state index contributed by atoms with van der Waals surface area (Å²) in [5.74, 6) is -1.43. The van der Waals surface area contributed by atoms with Crippen LogP contribution in [-0.4, -0.2) is 31.0 Å². The third-order valence-electron chi connectivity index (χ3n) is 1.82. The van der Waals surface area contributed by atoms with Crippen molar-refractivity contribution >= 4 is 38.9 Å². The molecule has 1 aliphatic rings. The zero-order chi connectivity index (χ0) is 12.3. The van der Waals surface area contributed by atoms with Crippen molar-refractivity contribution in [2.24, 2.45) is 0 Å². The van der Waals surface area contributed by atoms with Crippen molar-refractivity contribution in [1.29, 1.82) is 0 Å². The van der Waals surface area contributed by atoms with Crippen molar-refractivity contribution in [1.82, 2.24) is 0 Å². The Hall–Kier alpha value is -1.07. The molecular formula is C10H11ClO4S. The Morgan fingerprint density at radius 2 is 1.75 bits per heavy atom. The van der Waals surface area contributed by atoms with E-state index in [1.165, 1.54) is 14.2 Å². The van der Waals surface area contributed by atoms with Crippen LogP contribution in [0.2, 0.25) is 0 Å². The minimum Gasteiger partial charge on any atom is -0.465 e. The summed E-state index contributed by atoms with van der Waals surface area (Å²) in [6, 6.07) is 0. The number of methoxy groups -OCH3 is 2. The molecule has 88 valence electrons. The molecule has 0 radical (unpaired) electrons. The number of carbonyl (C=O) groups excluding carboxylic acids is 2. The summed E-state index contributed by atoms with van der Waals surface area (Å²) in [5.41, 5.74) is 0.902. The van der Waals surface area contributed by atoms with Crippen molar-refractivity contribution in [2.75, 3.05) is 14.2 Å². The number of carbonyl (C=O) groups is 2. The lowest BCUT2D eigenvalue weighted by atomic mass is 10.4. The van der Waals surface area contributed by atoms with E-state index in [0.29, 0.717) is 4.36 Å². The fourth-order valence-corrected chi connectivity index (χ4v) is 3.36. The number of esters is 2. The van der Waals surface area contributed by atoms with Gasteiger partial charge in [-0.25, -0.2) is 9.59 Å². The second-order valence-corrected chi connectivity index (χ2v) is 5.35. The van der Waals surface area contributed by atoms with Crippen LogP contribution in [0.25, 0.3) is 0 Å². The zero-order valence-electron chi connectivity index (χ0n) is 9.07. The quantitative estimate of drug-likeness (QED) is 0.432. The SMILES string of the molecule is COC(=O)C(C(=O)OC)=S1C=C(C)C=C1Cl. The molecule has 4 nitrogen and oxygen atoms in total. The summed E-state index contributed by atoms with van der Waals surface area (Å²) < 4.78 is 9.53. The summed E-state index contributed by atoms with van der Waals surface area (Å²) >= 11 is 5.95. The highest BCUT2D eigenvalue weighted by molar-refractivity contribution is 8.24. The van der Waals surface area contributed by atoms with Crippen molar-refractivity contribution in [3.63, 3.8) is 0 Å². The third kappa shape index (κ3) is 2.54. The van der Waals surface area contributed by atoms with Crippen LogP contribution in [0.15, 0.2) is 21.4 Å². The van der Waals surface area contributed by atoms with Crippen LogP contribution in [0, 0.1) is 0 Å². The molecule has 16 heavy (non-hydrogen) atoms. The minimum atomic E-state index is -0.868. The fraction of sp³-hybridized carbons (Fsp3) is 0.300. The summed E-state index contributed by atoms with van der Waals surface area (Å²) in [6.07, 6.45) is 1.70. The van der Waals surface area contributed by atoms with Gasteiger partial charge < -0.3 is 9.47 Å². The second-order valence-electron chi connectivity index (χ2n) is 2.96. The van der Waals surface area contributed by atoms with Gasteiger partial charge in [-0.2, -0.15) is 0 Å². The van der Waals surface area contributed by atoms with Crippen molar-refractivity contribution in [3.8, 4) is 0 Å². The topological polar surface area (TPSA) is 52.6 Å². The van der Waals surface area contributed by atoms with Crippen molar-refractivity contribution in [2.45, 2.75) is 6.92 Å². The molecule has 0 aliphatic carbocycles. The van der Waals surface area contributed by atoms with E-state index in [1.807, 2.05) is 6.92 Å². The van der Waals surface area contributed by atoms with Gasteiger partial charge in [-0.1, -0.05) is 22.1 Å². The standard InChI is InChI=1S/C10H11ClO4S/c1-6-4-7(11)16(5-6)8(9(12)14-2)10(13)15-3/h4-5H,1-3H3. The van der Waals surface area contributed by atoms with E-state index in [9.17, 15) is 9.59 Å². The van der Waals surface area contributed by atoms with Gasteiger partial charge in [0.25, 0.3) is 0 Å². The van der Waals surface area contributed by atoms with Crippen LogP contribution < -0.4 is 0 Å². The third-order valence-corrected chi connectivity index (χ3v) is 4.34. The number of rotatable bonds is 2. The molecule has 0 N–H and O–H groups in total. The maximum Gasteiger partial charge on any atom is 0.351 e. The first-order chi connectivity index (χ1) is 7.51. The molecule has 1 unspecified atom stereocenters. The molecule has 1 aliphatic heterocycles. The molecule has 6 heteroatoms. The maximum absolute atomic E-state index is 11.5. The zero-order valence-corrected chi connectivity index (χ0v) is 10.6. The van der Waals surface area contributed by atoms with Gasteiger partial charge in [-0.3, -0.25) is 0 Å². The Labute approximate surface area is 101 Å². The van der Waals surface area contributed by atoms with Gasteiger partial charge in [0.1, 0.15) is 0 Å². The van der Waals surface area contributed by atoms with E-state index < -0.39 is 22.4 Å². The monoisotopic (exact) mass is 262 g/mol. The predicted octanol–water partition coefficient (Wildman–Crippen LogP) is 1.77. The smallest absolute Gasteiger partial charge is 0.351 e. The van der Waals surface area contributed by atoms with E-state index in [4.69, 9.17) is 11.6 Å². The van der Waals surface area contributed by atoms with Gasteiger partial charge in [-0.15, -0.1) is 0 Å². The first-order valence-electron chi connectivity index (χ1n) is 4.33. The van der Waals surface area contributed by atoms with Crippen LogP contribution in [-0.2, 0) is 19.1 Å². The first-order valence-corrected chi connectivity index (χ1v) is 6.00. The first kappa shape index (κ1) is 13.0. The summed E-state index contributed by atoms with van der Waals surface area (Å²) in [4.78, 5) is 22.9. The maximum atomic E-state index is 11.5. The van der Waals surface area contributed by atoms with E-state index in [-0.39, 0.29) is 4.86 Å². The van der Waals surface area contributed by atoms with E-state index >= 15 is 0 Å². The average Bonchev–Trinajstić information content (AvgIpc) is 2.57. The van der Waals surface area contributed by atoms with Gasteiger partial charge in [0.15, 0.2) is 4.86 Å². The molecule has 1 atom stereocenters. The molecule has 0 spiro atoms. The largest absolute Gasteiger partial charge is 0.465 e. The number of ether oxygens (including phenoxy) is 2. The molecule has 0 aromatic carbocycles. The summed E-state index contributed by atoms with van der Waals surface area (Å²) in [7, 11) is 1.55. The number of allylic oxidation sites excluding steroid dienone is 2. The van der Waals surface area contributed by atoms with Crippen molar-refractivity contribution in [3.05, 3.63) is 21.4 Å². The van der Waals surface area contributed by atoms with Gasteiger partial charge >= 0.3 is 11.9 Å². The van der Waals surface area contributed by atoms with Gasteiger partial charge in [-0.05, 0) is 24.0 Å². The van der Waals surface area contributed by atoms with Gasteiger partial charge in [0.2, 0.25) is 0 Å². The molecule has 0 bridgehead atoms. The minimum absolute atomic E-state index is 0.0805. The predicted molar refractivity (Wildman–Crippen MR) is 64.3 cm³/mol. The lowest BCUT2D eigenvalue weighted by molar-refractivity contribution is -0.137. The van der Waals surface area contributed by atoms with Crippen LogP contribution in [0.4, 0.5) is 0 Å². The molecule has 1 heterocycles. The Morgan fingerprint density at radius 1 is 1.25 bits per heavy atom. The molecule has 0 aromatic rings. The number of hydrogen-bond acceptors (Lipinski definition) is 4. The highest BCUT2D eigenvalue weighted by atomic mass is 35.5. The highest BCUT2D eigenvalue weighted by Crippen LogP contribution is 2.39. The molecule has 1 rings (SSSR count). The normalized spacial score (nSPS) is 18.6. The number of halogens is 1. The Bertz CT molecular complexity index is 416. The molecule has 0 amide bonds. The lowest BCUT2D eigenvalue weighted by Crippen LogP contribution is -2.26. The summed E-state index contributed by atoms with van der Waals surface area (Å²) in [6.45, 7) is 1.83. The summed E-state index contributed by atoms with van der Waals surface area (Å²) in [5, 5.41) is 1.74. The molecule has 0 saturated carbocycles. The fourth-order valence-electron chi connectivity index (χ4n) is 1.12. The van der Waals surface area contributed by atoms with Gasteiger partial charge in [0.05, 0.1) is 18.6 Å². The second kappa shape index (κ2) is 5.32. The molecular weight excluding hydrogens is 252 g/mol. The van der Waals surface area contributed by atoms with E-state index in [1.54, 1.807) is 11.5 Å². The molecule has 0 saturated heterocycles. The molecule has 0 fully saturated rings. The van der Waals surface area contributed by atoms with E-state index in [2.05, 4.69) is 9.47 Å². The lowest BCUT2D eigenvalue weighted by Gasteiger charge is -2.07. The van der Waals surface area contributed by atoms with Gasteiger partial charge in [0, 0.05) is 0 Å². The molecule has 0 aromatic heterocycles. The average molecular weight is 263 g/mol. The van der Waals surface area contributed by atoms with E-state index in [0.717, 1.165) is 5.57 Å². The Kier molecular flexibility index (Phi) is 4.32. The van der Waals surface area contributed by atoms with Crippen LogP contribution in [0.3, 0.4) is 0 Å². The Morgan fingerprint density at radius 3 is 2.06 bits per heavy atom. The Balaban J connectivity index is 3.31. The van der Waals surface area contributed by atoms with Crippen LogP contribution >= 0.6 is 22.1 Å². The highest BCUT2D eigenvalue weighted by Gasteiger charge is 2.26. The number of hydrogen-bond donors (Lipinski definition) is 0. The van der Waals surface area contributed by atoms with Crippen LogP contribution in [0.5, 0.6) is 0 Å². The van der Waals surface area contributed by atoms with Crippen molar-refractivity contribution < 1.29 is 19.1 Å².